The first-order valence-corrected chi connectivity index (χ1v) is 22.3. The van der Waals surface area contributed by atoms with Crippen LogP contribution in [0, 0.1) is 0 Å². The van der Waals surface area contributed by atoms with Crippen molar-refractivity contribution in [3.8, 4) is 33.4 Å². The van der Waals surface area contributed by atoms with E-state index >= 15 is 0 Å². The summed E-state index contributed by atoms with van der Waals surface area (Å²) in [4.78, 5) is 2.36. The van der Waals surface area contributed by atoms with Crippen LogP contribution in [0.5, 0.6) is 0 Å². The zero-order chi connectivity index (χ0) is 41.4. The Labute approximate surface area is 368 Å². The van der Waals surface area contributed by atoms with Crippen LogP contribution in [-0.4, -0.2) is 0 Å². The van der Waals surface area contributed by atoms with Gasteiger partial charge in [-0.1, -0.05) is 158 Å². The van der Waals surface area contributed by atoms with Gasteiger partial charge in [-0.2, -0.15) is 0 Å². The second-order valence-electron chi connectivity index (χ2n) is 16.5. The lowest BCUT2D eigenvalue weighted by atomic mass is 9.97. The minimum Gasteiger partial charge on any atom is -0.455 e. The number of rotatable bonds is 6. The Morgan fingerprint density at radius 3 is 1.56 bits per heavy atom. The summed E-state index contributed by atoms with van der Waals surface area (Å²) in [6, 6.07) is 81.7. The molecule has 0 saturated heterocycles. The maximum Gasteiger partial charge on any atom is 0.143 e. The van der Waals surface area contributed by atoms with Gasteiger partial charge in [-0.15, -0.1) is 11.3 Å². The first kappa shape index (κ1) is 35.7. The summed E-state index contributed by atoms with van der Waals surface area (Å²) in [5.74, 6) is 0. The van der Waals surface area contributed by atoms with Crippen molar-refractivity contribution in [3.63, 3.8) is 0 Å². The molecule has 0 amide bonds. The average Bonchev–Trinajstić information content (AvgIpc) is 3.93. The smallest absolute Gasteiger partial charge is 0.143 e. The Morgan fingerprint density at radius 1 is 0.317 bits per heavy atom. The van der Waals surface area contributed by atoms with Gasteiger partial charge in [0.25, 0.3) is 0 Å². The van der Waals surface area contributed by atoms with Crippen LogP contribution in [0.3, 0.4) is 0 Å². The van der Waals surface area contributed by atoms with Gasteiger partial charge in [0.15, 0.2) is 0 Å². The number of furan rings is 1. The molecule has 0 spiro atoms. The van der Waals surface area contributed by atoms with Crippen LogP contribution in [0.25, 0.3) is 108 Å². The quantitative estimate of drug-likeness (QED) is 0.155. The molecule has 11 aromatic carbocycles. The third kappa shape index (κ3) is 5.93. The molecule has 13 rings (SSSR count). The molecule has 0 aliphatic carbocycles. The van der Waals surface area contributed by atoms with Crippen LogP contribution < -0.4 is 4.90 Å². The Hall–Kier alpha value is -7.98. The fourth-order valence-electron chi connectivity index (χ4n) is 9.74. The van der Waals surface area contributed by atoms with Crippen LogP contribution >= 0.6 is 11.3 Å². The Balaban J connectivity index is 0.890. The maximum absolute atomic E-state index is 6.55. The molecule has 0 N–H and O–H groups in total. The number of nitrogens with zero attached hydrogens (tertiary/aromatic N) is 1. The minimum atomic E-state index is 0.899. The van der Waals surface area contributed by atoms with Gasteiger partial charge < -0.3 is 9.32 Å². The minimum absolute atomic E-state index is 0.899. The van der Waals surface area contributed by atoms with Gasteiger partial charge in [0.1, 0.15) is 11.2 Å². The van der Waals surface area contributed by atoms with E-state index in [-0.39, 0.29) is 0 Å². The van der Waals surface area contributed by atoms with Crippen LogP contribution in [0.4, 0.5) is 17.1 Å². The molecule has 0 aliphatic rings. The van der Waals surface area contributed by atoms with Gasteiger partial charge in [0.05, 0.1) is 0 Å². The van der Waals surface area contributed by atoms with Gasteiger partial charge in [0, 0.05) is 53.4 Å². The molecule has 0 fully saturated rings. The van der Waals surface area contributed by atoms with Gasteiger partial charge in [0.2, 0.25) is 0 Å². The van der Waals surface area contributed by atoms with E-state index in [0.29, 0.717) is 0 Å². The molecule has 63 heavy (non-hydrogen) atoms. The standard InChI is InChI=1S/C60H37NOS/c1-3-10-49-40(8-1)16-17-45-36-43(25-33-50(45)49)38-18-27-46(28-19-38)61(47-29-20-39(21-30-47)44-26-34-54-53-12-5-6-15-57(53)63-58(54)37-44)48-31-22-42(23-32-48)51-13-7-14-56-59(51)55-35-24-41-9-2-4-11-52(41)60(55)62-56/h1-37H. The molecule has 2 heterocycles. The second kappa shape index (κ2) is 14.3. The fraction of sp³-hybridized carbons (Fsp3) is 0. The van der Waals surface area contributed by atoms with E-state index in [0.717, 1.165) is 55.5 Å². The molecule has 3 heteroatoms. The van der Waals surface area contributed by atoms with E-state index in [2.05, 4.69) is 229 Å². The molecule has 2 nitrogen and oxygen atoms in total. The van der Waals surface area contributed by atoms with Crippen molar-refractivity contribution in [3.05, 3.63) is 224 Å². The highest BCUT2D eigenvalue weighted by Gasteiger charge is 2.18. The van der Waals surface area contributed by atoms with E-state index < -0.39 is 0 Å². The van der Waals surface area contributed by atoms with Crippen molar-refractivity contribution in [1.82, 2.24) is 0 Å². The predicted molar refractivity (Wildman–Crippen MR) is 270 cm³/mol. The Bertz CT molecular complexity index is 3900. The van der Waals surface area contributed by atoms with E-state index in [4.69, 9.17) is 4.42 Å². The third-order valence-corrected chi connectivity index (χ3v) is 14.0. The van der Waals surface area contributed by atoms with Crippen LogP contribution in [0.1, 0.15) is 0 Å². The summed E-state index contributed by atoms with van der Waals surface area (Å²) in [6.45, 7) is 0. The van der Waals surface area contributed by atoms with Gasteiger partial charge >= 0.3 is 0 Å². The molecule has 0 radical (unpaired) electrons. The number of hydrogen-bond donors (Lipinski definition) is 0. The van der Waals surface area contributed by atoms with Crippen molar-refractivity contribution < 1.29 is 4.42 Å². The fourth-order valence-corrected chi connectivity index (χ4v) is 10.9. The van der Waals surface area contributed by atoms with E-state index in [1.165, 1.54) is 69.4 Å². The van der Waals surface area contributed by atoms with Crippen molar-refractivity contribution in [2.75, 3.05) is 4.90 Å². The van der Waals surface area contributed by atoms with E-state index in [1.54, 1.807) is 0 Å². The number of fused-ring (bicyclic) bond motifs is 11. The molecule has 2 aromatic heterocycles. The number of anilines is 3. The molecule has 13 aromatic rings. The summed E-state index contributed by atoms with van der Waals surface area (Å²) in [5.41, 5.74) is 12.2. The third-order valence-electron chi connectivity index (χ3n) is 12.9. The van der Waals surface area contributed by atoms with Crippen molar-refractivity contribution in [1.29, 1.82) is 0 Å². The highest BCUT2D eigenvalue weighted by molar-refractivity contribution is 7.25. The first-order valence-electron chi connectivity index (χ1n) is 21.5. The molecule has 0 bridgehead atoms. The lowest BCUT2D eigenvalue weighted by molar-refractivity contribution is 0.673. The molecule has 0 aliphatic heterocycles. The lowest BCUT2D eigenvalue weighted by Gasteiger charge is -2.26. The highest BCUT2D eigenvalue weighted by Crippen LogP contribution is 2.43. The molecular formula is C60H37NOS. The zero-order valence-electron chi connectivity index (χ0n) is 34.1. The lowest BCUT2D eigenvalue weighted by Crippen LogP contribution is -2.09. The normalized spacial score (nSPS) is 11.8. The summed E-state index contributed by atoms with van der Waals surface area (Å²) in [7, 11) is 0. The van der Waals surface area contributed by atoms with Crippen molar-refractivity contribution >= 4 is 103 Å². The summed E-state index contributed by atoms with van der Waals surface area (Å²) in [6.07, 6.45) is 0. The summed E-state index contributed by atoms with van der Waals surface area (Å²) < 4.78 is 9.19. The van der Waals surface area contributed by atoms with Gasteiger partial charge in [-0.05, 0) is 127 Å². The second-order valence-corrected chi connectivity index (χ2v) is 17.5. The highest BCUT2D eigenvalue weighted by atomic mass is 32.1. The Morgan fingerprint density at radius 2 is 0.825 bits per heavy atom. The van der Waals surface area contributed by atoms with Crippen molar-refractivity contribution in [2.24, 2.45) is 0 Å². The van der Waals surface area contributed by atoms with Crippen LogP contribution in [0.2, 0.25) is 0 Å². The average molecular weight is 820 g/mol. The Kier molecular flexibility index (Phi) is 8.12. The molecular weight excluding hydrogens is 783 g/mol. The molecule has 0 unspecified atom stereocenters. The summed E-state index contributed by atoms with van der Waals surface area (Å²) in [5, 5.41) is 12.3. The number of benzene rings is 11. The van der Waals surface area contributed by atoms with Crippen LogP contribution in [0.15, 0.2) is 229 Å². The van der Waals surface area contributed by atoms with Gasteiger partial charge in [-0.25, -0.2) is 0 Å². The maximum atomic E-state index is 6.55. The topological polar surface area (TPSA) is 16.4 Å². The van der Waals surface area contributed by atoms with Crippen LogP contribution in [-0.2, 0) is 0 Å². The first-order chi connectivity index (χ1) is 31.2. The molecule has 0 saturated carbocycles. The van der Waals surface area contributed by atoms with E-state index in [9.17, 15) is 0 Å². The number of thiophene rings is 1. The van der Waals surface area contributed by atoms with E-state index in [1.807, 2.05) is 11.3 Å². The molecule has 294 valence electrons. The predicted octanol–water partition coefficient (Wildman–Crippen LogP) is 17.9. The zero-order valence-corrected chi connectivity index (χ0v) is 34.9. The monoisotopic (exact) mass is 819 g/mol. The van der Waals surface area contributed by atoms with Gasteiger partial charge in [-0.3, -0.25) is 0 Å². The summed E-state index contributed by atoms with van der Waals surface area (Å²) >= 11 is 1.86. The molecule has 0 atom stereocenters. The number of hydrogen-bond acceptors (Lipinski definition) is 3. The van der Waals surface area contributed by atoms with Crippen molar-refractivity contribution in [2.45, 2.75) is 0 Å². The SMILES string of the molecule is c1ccc2c(c1)ccc1cc(-c3ccc(N(c4ccc(-c5ccc6c(c5)sc5ccccc56)cc4)c4ccc(-c5cccc6oc7c8ccccc8ccc7c56)cc4)cc3)ccc12. The largest absolute Gasteiger partial charge is 0.455 e.